The summed E-state index contributed by atoms with van der Waals surface area (Å²) in [4.78, 5) is 10.7. The summed E-state index contributed by atoms with van der Waals surface area (Å²) < 4.78 is 17.6. The number of ether oxygens (including phenoxy) is 3. The lowest BCUT2D eigenvalue weighted by atomic mass is 10.2. The minimum Gasteiger partial charge on any atom is -0.489 e. The Labute approximate surface area is 140 Å². The number of hydrogen-bond acceptors (Lipinski definition) is 5. The molecule has 0 spiro atoms. The molecule has 0 atom stereocenters. The maximum Gasteiger partial charge on any atom is 0.150 e. The van der Waals surface area contributed by atoms with Crippen LogP contribution in [0.15, 0.2) is 21.1 Å². The van der Waals surface area contributed by atoms with Gasteiger partial charge in [-0.05, 0) is 50.4 Å². The van der Waals surface area contributed by atoms with Gasteiger partial charge in [0.2, 0.25) is 0 Å². The quantitative estimate of drug-likeness (QED) is 0.436. The van der Waals surface area contributed by atoms with E-state index in [-0.39, 0.29) is 6.61 Å². The lowest BCUT2D eigenvalue weighted by Gasteiger charge is -2.11. The predicted molar refractivity (Wildman–Crippen MR) is 86.1 cm³/mol. The van der Waals surface area contributed by atoms with Crippen LogP contribution in [0.5, 0.6) is 5.75 Å². The highest BCUT2D eigenvalue weighted by molar-refractivity contribution is 9.11. The summed E-state index contributed by atoms with van der Waals surface area (Å²) in [7, 11) is 0. The van der Waals surface area contributed by atoms with Crippen LogP contribution in [0.3, 0.4) is 0 Å². The summed E-state index contributed by atoms with van der Waals surface area (Å²) in [5.74, 6) is 0.642. The van der Waals surface area contributed by atoms with Crippen molar-refractivity contribution in [1.82, 2.24) is 0 Å². The fourth-order valence-corrected chi connectivity index (χ4v) is 2.93. The molecule has 0 amide bonds. The van der Waals surface area contributed by atoms with E-state index in [4.69, 9.17) is 19.3 Å². The minimum atomic E-state index is 0.140. The number of rotatable bonds is 11. The third-order valence-corrected chi connectivity index (χ3v) is 3.63. The van der Waals surface area contributed by atoms with Gasteiger partial charge in [-0.15, -0.1) is 0 Å². The largest absolute Gasteiger partial charge is 0.489 e. The van der Waals surface area contributed by atoms with Crippen LogP contribution in [0.25, 0.3) is 0 Å². The van der Waals surface area contributed by atoms with Crippen molar-refractivity contribution in [1.29, 1.82) is 0 Å². The van der Waals surface area contributed by atoms with Crippen molar-refractivity contribution >= 4 is 38.1 Å². The van der Waals surface area contributed by atoms with E-state index in [2.05, 4.69) is 31.9 Å². The molecule has 0 aliphatic rings. The van der Waals surface area contributed by atoms with Crippen molar-refractivity contribution < 1.29 is 24.1 Å². The van der Waals surface area contributed by atoms with Crippen molar-refractivity contribution in [2.75, 3.05) is 39.6 Å². The molecular formula is C14H18Br2O5. The molecule has 0 aliphatic carbocycles. The van der Waals surface area contributed by atoms with Crippen molar-refractivity contribution in [2.45, 2.75) is 6.42 Å². The molecular weight excluding hydrogens is 408 g/mol. The number of aliphatic hydroxyl groups is 1. The number of aldehydes is 1. The number of hydrogen-bond donors (Lipinski definition) is 1. The number of aliphatic hydroxyl groups excluding tert-OH is 1. The van der Waals surface area contributed by atoms with Crippen LogP contribution in [0.1, 0.15) is 16.8 Å². The SMILES string of the molecule is O=Cc1cc(Br)c(OCCOCCOCCCO)c(Br)c1. The zero-order valence-electron chi connectivity index (χ0n) is 11.5. The lowest BCUT2D eigenvalue weighted by molar-refractivity contribution is 0.0323. The molecule has 1 aromatic rings. The van der Waals surface area contributed by atoms with Gasteiger partial charge in [0.05, 0.1) is 28.8 Å². The van der Waals surface area contributed by atoms with E-state index >= 15 is 0 Å². The molecule has 5 nitrogen and oxygen atoms in total. The summed E-state index contributed by atoms with van der Waals surface area (Å²) in [6.45, 7) is 2.51. The van der Waals surface area contributed by atoms with Gasteiger partial charge in [-0.3, -0.25) is 4.79 Å². The second-order valence-electron chi connectivity index (χ2n) is 4.08. The first-order chi connectivity index (χ1) is 10.2. The van der Waals surface area contributed by atoms with Gasteiger partial charge in [0.15, 0.2) is 0 Å². The Morgan fingerprint density at radius 3 is 2.14 bits per heavy atom. The monoisotopic (exact) mass is 424 g/mol. The first-order valence-electron chi connectivity index (χ1n) is 6.52. The van der Waals surface area contributed by atoms with Gasteiger partial charge < -0.3 is 19.3 Å². The van der Waals surface area contributed by atoms with E-state index in [9.17, 15) is 4.79 Å². The van der Waals surface area contributed by atoms with Crippen LogP contribution in [0, 0.1) is 0 Å². The Kier molecular flexibility index (Phi) is 9.86. The summed E-state index contributed by atoms with van der Waals surface area (Å²) in [5.41, 5.74) is 0.567. The van der Waals surface area contributed by atoms with E-state index < -0.39 is 0 Å². The zero-order valence-corrected chi connectivity index (χ0v) is 14.7. The molecule has 1 rings (SSSR count). The van der Waals surface area contributed by atoms with Gasteiger partial charge in [-0.1, -0.05) is 0 Å². The van der Waals surface area contributed by atoms with Crippen LogP contribution >= 0.6 is 31.9 Å². The molecule has 0 saturated heterocycles. The number of benzene rings is 1. The van der Waals surface area contributed by atoms with E-state index in [1.54, 1.807) is 12.1 Å². The number of halogens is 2. The topological polar surface area (TPSA) is 65.0 Å². The highest BCUT2D eigenvalue weighted by Crippen LogP contribution is 2.34. The van der Waals surface area contributed by atoms with Gasteiger partial charge in [-0.2, -0.15) is 0 Å². The third kappa shape index (κ3) is 7.37. The maximum atomic E-state index is 10.7. The van der Waals surface area contributed by atoms with E-state index in [1.165, 1.54) is 0 Å². The van der Waals surface area contributed by atoms with Gasteiger partial charge in [0, 0.05) is 18.8 Å². The van der Waals surface area contributed by atoms with Crippen LogP contribution in [0.4, 0.5) is 0 Å². The summed E-state index contributed by atoms with van der Waals surface area (Å²) in [5, 5.41) is 8.57. The number of carbonyl (C=O) groups is 1. The lowest BCUT2D eigenvalue weighted by Crippen LogP contribution is -2.11. The van der Waals surface area contributed by atoms with Crippen molar-refractivity contribution in [3.63, 3.8) is 0 Å². The molecule has 1 aromatic carbocycles. The van der Waals surface area contributed by atoms with Crippen LogP contribution < -0.4 is 4.74 Å². The van der Waals surface area contributed by atoms with Crippen molar-refractivity contribution in [3.05, 3.63) is 26.6 Å². The van der Waals surface area contributed by atoms with Crippen molar-refractivity contribution in [2.24, 2.45) is 0 Å². The molecule has 0 aromatic heterocycles. The molecule has 0 fully saturated rings. The highest BCUT2D eigenvalue weighted by atomic mass is 79.9. The van der Waals surface area contributed by atoms with Gasteiger partial charge in [0.1, 0.15) is 18.6 Å². The normalized spacial score (nSPS) is 10.6. The Bertz CT molecular complexity index is 416. The Morgan fingerprint density at radius 2 is 1.57 bits per heavy atom. The average Bonchev–Trinajstić information content (AvgIpc) is 2.47. The summed E-state index contributed by atoms with van der Waals surface area (Å²) in [6.07, 6.45) is 1.42. The smallest absolute Gasteiger partial charge is 0.150 e. The van der Waals surface area contributed by atoms with Crippen LogP contribution in [-0.4, -0.2) is 51.0 Å². The number of carbonyl (C=O) groups excluding carboxylic acids is 1. The second kappa shape index (κ2) is 11.1. The molecule has 1 N–H and O–H groups in total. The molecule has 7 heteroatoms. The predicted octanol–water partition coefficient (Wildman–Crippen LogP) is 2.82. The van der Waals surface area contributed by atoms with E-state index in [0.717, 1.165) is 6.29 Å². The zero-order chi connectivity index (χ0) is 15.5. The molecule has 0 radical (unpaired) electrons. The summed E-state index contributed by atoms with van der Waals surface area (Å²) >= 11 is 6.72. The Hall–Kier alpha value is -0.470. The van der Waals surface area contributed by atoms with Crippen molar-refractivity contribution in [3.8, 4) is 5.75 Å². The van der Waals surface area contributed by atoms with Crippen LogP contribution in [-0.2, 0) is 9.47 Å². The van der Waals surface area contributed by atoms with E-state index in [0.29, 0.717) is 59.7 Å². The fourth-order valence-electron chi connectivity index (χ4n) is 1.48. The van der Waals surface area contributed by atoms with Gasteiger partial charge in [0.25, 0.3) is 0 Å². The maximum absolute atomic E-state index is 10.7. The van der Waals surface area contributed by atoms with Crippen LogP contribution in [0.2, 0.25) is 0 Å². The Balaban J connectivity index is 2.20. The highest BCUT2D eigenvalue weighted by Gasteiger charge is 2.08. The first-order valence-corrected chi connectivity index (χ1v) is 8.11. The molecule has 0 aliphatic heterocycles. The molecule has 118 valence electrons. The third-order valence-electron chi connectivity index (χ3n) is 2.45. The molecule has 21 heavy (non-hydrogen) atoms. The standard InChI is InChI=1S/C14H18Br2O5/c15-12-8-11(10-18)9-13(16)14(12)21-7-6-20-5-4-19-3-1-2-17/h8-10,17H,1-7H2. The first kappa shape index (κ1) is 18.6. The average molecular weight is 426 g/mol. The Morgan fingerprint density at radius 1 is 1.00 bits per heavy atom. The van der Waals surface area contributed by atoms with Gasteiger partial charge in [-0.25, -0.2) is 0 Å². The minimum absolute atomic E-state index is 0.140. The van der Waals surface area contributed by atoms with Gasteiger partial charge >= 0.3 is 0 Å². The molecule has 0 saturated carbocycles. The molecule has 0 heterocycles. The fraction of sp³-hybridized carbons (Fsp3) is 0.500. The second-order valence-corrected chi connectivity index (χ2v) is 5.79. The summed E-state index contributed by atoms with van der Waals surface area (Å²) in [6, 6.07) is 3.39. The van der Waals surface area contributed by atoms with E-state index in [1.807, 2.05) is 0 Å². The molecule has 0 unspecified atom stereocenters. The molecule has 0 bridgehead atoms.